The monoisotopic (exact) mass is 300 g/mol. The molecule has 0 unspecified atom stereocenters. The van der Waals surface area contributed by atoms with Crippen molar-refractivity contribution < 1.29 is 9.59 Å². The molecule has 2 fully saturated rings. The molecule has 0 bridgehead atoms. The first-order valence-electron chi connectivity index (χ1n) is 8.15. The van der Waals surface area contributed by atoms with Crippen LogP contribution >= 0.6 is 0 Å². The number of likely N-dealkylation sites (tertiary alicyclic amines) is 2. The molecule has 0 radical (unpaired) electrons. The lowest BCUT2D eigenvalue weighted by Crippen LogP contribution is -2.43. The van der Waals surface area contributed by atoms with Crippen molar-refractivity contribution in [1.82, 2.24) is 9.80 Å². The summed E-state index contributed by atoms with van der Waals surface area (Å²) in [5, 5.41) is 0. The zero-order valence-electron chi connectivity index (χ0n) is 13.4. The minimum absolute atomic E-state index is 0.121. The van der Waals surface area contributed by atoms with Crippen LogP contribution in [-0.4, -0.2) is 40.7 Å². The van der Waals surface area contributed by atoms with Gasteiger partial charge in [0.2, 0.25) is 11.8 Å². The van der Waals surface area contributed by atoms with Crippen molar-refractivity contribution in [3.05, 3.63) is 35.4 Å². The predicted octanol–water partition coefficient (Wildman–Crippen LogP) is 2.35. The van der Waals surface area contributed by atoms with Gasteiger partial charge in [-0.3, -0.25) is 9.59 Å². The van der Waals surface area contributed by atoms with Crippen molar-refractivity contribution in [2.75, 3.05) is 13.1 Å². The van der Waals surface area contributed by atoms with Gasteiger partial charge in [0, 0.05) is 33.0 Å². The second-order valence-corrected chi connectivity index (χ2v) is 6.65. The summed E-state index contributed by atoms with van der Waals surface area (Å²) in [6, 6.07) is 8.55. The van der Waals surface area contributed by atoms with E-state index < -0.39 is 0 Å². The topological polar surface area (TPSA) is 40.6 Å². The molecule has 0 spiro atoms. The zero-order chi connectivity index (χ0) is 15.7. The van der Waals surface area contributed by atoms with Gasteiger partial charge in [-0.25, -0.2) is 0 Å². The van der Waals surface area contributed by atoms with Crippen LogP contribution in [0.4, 0.5) is 0 Å². The van der Waals surface area contributed by atoms with E-state index in [4.69, 9.17) is 0 Å². The summed E-state index contributed by atoms with van der Waals surface area (Å²) in [4.78, 5) is 28.1. The van der Waals surface area contributed by atoms with E-state index in [1.807, 2.05) is 9.80 Å². The molecule has 1 aromatic rings. The maximum Gasteiger partial charge on any atom is 0.223 e. The lowest BCUT2D eigenvalue weighted by molar-refractivity contribution is -0.135. The number of carbonyl (C=O) groups is 2. The fourth-order valence-corrected chi connectivity index (χ4v) is 3.69. The van der Waals surface area contributed by atoms with E-state index in [-0.39, 0.29) is 17.9 Å². The molecule has 0 N–H and O–H groups in total. The Labute approximate surface area is 132 Å². The Bertz CT molecular complexity index is 567. The largest absolute Gasteiger partial charge is 0.341 e. The first kappa shape index (κ1) is 15.1. The number of nitrogens with zero attached hydrogens (tertiary/aromatic N) is 2. The van der Waals surface area contributed by atoms with Crippen LogP contribution in [0.5, 0.6) is 0 Å². The van der Waals surface area contributed by atoms with E-state index in [1.54, 1.807) is 6.92 Å². The standard InChI is InChI=1S/C18H24N2O2/c1-13-6-8-15(9-7-13)10-20-17-12-19(14(2)21)11-16(17)4-3-5-18(20)22/h6-9,16-17H,3-5,10-12H2,1-2H3/t16-,17+/m1/s1. The second-order valence-electron chi connectivity index (χ2n) is 6.65. The van der Waals surface area contributed by atoms with Gasteiger partial charge in [0.05, 0.1) is 6.04 Å². The zero-order valence-corrected chi connectivity index (χ0v) is 13.4. The highest BCUT2D eigenvalue weighted by Crippen LogP contribution is 2.31. The Morgan fingerprint density at radius 2 is 1.95 bits per heavy atom. The second kappa shape index (κ2) is 6.11. The van der Waals surface area contributed by atoms with Gasteiger partial charge in [0.1, 0.15) is 0 Å². The molecular weight excluding hydrogens is 276 g/mol. The molecule has 22 heavy (non-hydrogen) atoms. The molecule has 1 aromatic carbocycles. The Hall–Kier alpha value is -1.84. The minimum Gasteiger partial charge on any atom is -0.341 e. The summed E-state index contributed by atoms with van der Waals surface area (Å²) in [5.41, 5.74) is 2.40. The van der Waals surface area contributed by atoms with Crippen LogP contribution in [0.1, 0.15) is 37.3 Å². The third-order valence-electron chi connectivity index (χ3n) is 5.01. The van der Waals surface area contributed by atoms with Crippen molar-refractivity contribution in [3.8, 4) is 0 Å². The van der Waals surface area contributed by atoms with Gasteiger partial charge in [-0.05, 0) is 31.2 Å². The predicted molar refractivity (Wildman–Crippen MR) is 85.1 cm³/mol. The molecule has 0 aromatic heterocycles. The fraction of sp³-hybridized carbons (Fsp3) is 0.556. The molecule has 0 saturated carbocycles. The van der Waals surface area contributed by atoms with Crippen LogP contribution < -0.4 is 0 Å². The molecule has 4 nitrogen and oxygen atoms in total. The Morgan fingerprint density at radius 1 is 1.23 bits per heavy atom. The molecule has 3 rings (SSSR count). The number of carbonyl (C=O) groups excluding carboxylic acids is 2. The van der Waals surface area contributed by atoms with Crippen molar-refractivity contribution in [2.45, 2.75) is 45.7 Å². The van der Waals surface area contributed by atoms with Gasteiger partial charge < -0.3 is 9.80 Å². The van der Waals surface area contributed by atoms with E-state index in [0.29, 0.717) is 25.4 Å². The van der Waals surface area contributed by atoms with Crippen LogP contribution in [0.3, 0.4) is 0 Å². The van der Waals surface area contributed by atoms with Crippen LogP contribution in [0.25, 0.3) is 0 Å². The number of hydrogen-bond donors (Lipinski definition) is 0. The number of hydrogen-bond acceptors (Lipinski definition) is 2. The lowest BCUT2D eigenvalue weighted by Gasteiger charge is -2.30. The van der Waals surface area contributed by atoms with Crippen LogP contribution in [0.15, 0.2) is 24.3 Å². The van der Waals surface area contributed by atoms with E-state index >= 15 is 0 Å². The van der Waals surface area contributed by atoms with Crippen molar-refractivity contribution in [1.29, 1.82) is 0 Å². The maximum absolute atomic E-state index is 12.5. The normalized spacial score (nSPS) is 25.1. The summed E-state index contributed by atoms with van der Waals surface area (Å²) in [6.07, 6.45) is 2.62. The first-order chi connectivity index (χ1) is 10.5. The van der Waals surface area contributed by atoms with Crippen molar-refractivity contribution in [3.63, 3.8) is 0 Å². The SMILES string of the molecule is CC(=O)N1C[C@H]2CCCC(=O)N(Cc3ccc(C)cc3)[C@H]2C1. The molecule has 118 valence electrons. The fourth-order valence-electron chi connectivity index (χ4n) is 3.69. The molecule has 2 atom stereocenters. The number of benzene rings is 1. The van der Waals surface area contributed by atoms with Gasteiger partial charge in [0.25, 0.3) is 0 Å². The number of fused-ring (bicyclic) bond motifs is 1. The van der Waals surface area contributed by atoms with Gasteiger partial charge in [0.15, 0.2) is 0 Å². The summed E-state index contributed by atoms with van der Waals surface area (Å²) in [5.74, 6) is 0.787. The minimum atomic E-state index is 0.121. The molecular formula is C18H24N2O2. The van der Waals surface area contributed by atoms with Crippen molar-refractivity contribution in [2.24, 2.45) is 5.92 Å². The number of aryl methyl sites for hydroxylation is 1. The van der Waals surface area contributed by atoms with Gasteiger partial charge in [-0.1, -0.05) is 29.8 Å². The molecule has 0 aliphatic carbocycles. The van der Waals surface area contributed by atoms with Crippen molar-refractivity contribution >= 4 is 11.8 Å². The highest BCUT2D eigenvalue weighted by atomic mass is 16.2. The van der Waals surface area contributed by atoms with E-state index in [2.05, 4.69) is 31.2 Å². The molecule has 4 heteroatoms. The van der Waals surface area contributed by atoms with Gasteiger partial charge in [-0.2, -0.15) is 0 Å². The van der Waals surface area contributed by atoms with E-state index in [9.17, 15) is 9.59 Å². The average molecular weight is 300 g/mol. The molecule has 2 heterocycles. The van der Waals surface area contributed by atoms with Gasteiger partial charge in [-0.15, -0.1) is 0 Å². The average Bonchev–Trinajstić information content (AvgIpc) is 2.85. The molecule has 2 saturated heterocycles. The Balaban J connectivity index is 1.81. The third kappa shape index (κ3) is 3.01. The highest BCUT2D eigenvalue weighted by Gasteiger charge is 2.40. The highest BCUT2D eigenvalue weighted by molar-refractivity contribution is 5.78. The number of amides is 2. The summed E-state index contributed by atoms with van der Waals surface area (Å²) < 4.78 is 0. The summed E-state index contributed by atoms with van der Waals surface area (Å²) in [7, 11) is 0. The van der Waals surface area contributed by atoms with Crippen LogP contribution in [0.2, 0.25) is 0 Å². The smallest absolute Gasteiger partial charge is 0.223 e. The molecule has 2 aliphatic rings. The van der Waals surface area contributed by atoms with Crippen LogP contribution in [-0.2, 0) is 16.1 Å². The Morgan fingerprint density at radius 3 is 2.64 bits per heavy atom. The maximum atomic E-state index is 12.5. The molecule has 2 aliphatic heterocycles. The summed E-state index contributed by atoms with van der Waals surface area (Å²) in [6.45, 7) is 5.84. The number of rotatable bonds is 2. The third-order valence-corrected chi connectivity index (χ3v) is 5.01. The lowest BCUT2D eigenvalue weighted by atomic mass is 9.98. The van der Waals surface area contributed by atoms with E-state index in [0.717, 1.165) is 19.4 Å². The van der Waals surface area contributed by atoms with Gasteiger partial charge >= 0.3 is 0 Å². The Kier molecular flexibility index (Phi) is 4.19. The quantitative estimate of drug-likeness (QED) is 0.841. The van der Waals surface area contributed by atoms with Crippen LogP contribution in [0, 0.1) is 12.8 Å². The molecule has 2 amide bonds. The summed E-state index contributed by atoms with van der Waals surface area (Å²) >= 11 is 0. The first-order valence-corrected chi connectivity index (χ1v) is 8.15. The van der Waals surface area contributed by atoms with E-state index in [1.165, 1.54) is 11.1 Å².